The highest BCUT2D eigenvalue weighted by molar-refractivity contribution is 7.80. The van der Waals surface area contributed by atoms with Crippen LogP contribution in [0.1, 0.15) is 29.3 Å². The van der Waals surface area contributed by atoms with E-state index in [-0.39, 0.29) is 16.9 Å². The molecule has 3 aromatic rings. The van der Waals surface area contributed by atoms with Gasteiger partial charge in [0.2, 0.25) is 5.91 Å². The molecule has 0 heterocycles. The quantitative estimate of drug-likeness (QED) is 0.469. The molecule has 31 heavy (non-hydrogen) atoms. The summed E-state index contributed by atoms with van der Waals surface area (Å²) in [7, 11) is 0. The van der Waals surface area contributed by atoms with Crippen LogP contribution in [-0.4, -0.2) is 16.9 Å². The molecule has 0 aliphatic carbocycles. The van der Waals surface area contributed by atoms with E-state index < -0.39 is 0 Å². The van der Waals surface area contributed by atoms with E-state index in [4.69, 9.17) is 17.0 Å². The Morgan fingerprint density at radius 3 is 2.23 bits per heavy atom. The van der Waals surface area contributed by atoms with Gasteiger partial charge in [0.25, 0.3) is 5.91 Å². The van der Waals surface area contributed by atoms with Crippen LogP contribution < -0.4 is 20.7 Å². The smallest absolute Gasteiger partial charge is 0.255 e. The molecule has 6 nitrogen and oxygen atoms in total. The van der Waals surface area contributed by atoms with Gasteiger partial charge in [-0.1, -0.05) is 43.3 Å². The van der Waals surface area contributed by atoms with Crippen LogP contribution in [0.25, 0.3) is 0 Å². The first-order chi connectivity index (χ1) is 15.0. The fourth-order valence-electron chi connectivity index (χ4n) is 2.69. The summed E-state index contributed by atoms with van der Waals surface area (Å²) in [4.78, 5) is 24.0. The van der Waals surface area contributed by atoms with Crippen molar-refractivity contribution in [3.63, 3.8) is 0 Å². The third-order valence-corrected chi connectivity index (χ3v) is 4.52. The number of hydrogen-bond donors (Lipinski definition) is 3. The molecule has 3 N–H and O–H groups in total. The molecule has 0 atom stereocenters. The number of ether oxygens (including phenoxy) is 1. The third-order valence-electron chi connectivity index (χ3n) is 4.32. The average Bonchev–Trinajstić information content (AvgIpc) is 2.79. The van der Waals surface area contributed by atoms with Gasteiger partial charge in [-0.2, -0.15) is 0 Å². The van der Waals surface area contributed by atoms with E-state index in [1.165, 1.54) is 0 Å². The summed E-state index contributed by atoms with van der Waals surface area (Å²) >= 11 is 5.09. The maximum Gasteiger partial charge on any atom is 0.255 e. The predicted octanol–water partition coefficient (Wildman–Crippen LogP) is 4.74. The van der Waals surface area contributed by atoms with E-state index >= 15 is 0 Å². The monoisotopic (exact) mass is 433 g/mol. The molecular weight excluding hydrogens is 410 g/mol. The van der Waals surface area contributed by atoms with Crippen molar-refractivity contribution in [2.45, 2.75) is 20.0 Å². The highest BCUT2D eigenvalue weighted by Crippen LogP contribution is 2.18. The van der Waals surface area contributed by atoms with Crippen LogP contribution in [0.3, 0.4) is 0 Å². The van der Waals surface area contributed by atoms with Gasteiger partial charge in [0, 0.05) is 23.4 Å². The molecule has 0 saturated heterocycles. The first kappa shape index (κ1) is 22.0. The summed E-state index contributed by atoms with van der Waals surface area (Å²) in [5.41, 5.74) is 2.89. The van der Waals surface area contributed by atoms with Gasteiger partial charge in [0.15, 0.2) is 5.11 Å². The molecule has 3 rings (SSSR count). The molecular formula is C24H23N3O3S. The Balaban J connectivity index is 1.56. The number of hydrogen-bond acceptors (Lipinski definition) is 4. The minimum absolute atomic E-state index is 0.156. The Morgan fingerprint density at radius 1 is 0.871 bits per heavy atom. The number of anilines is 2. The molecule has 3 aromatic carbocycles. The van der Waals surface area contributed by atoms with Crippen LogP contribution in [0.4, 0.5) is 11.4 Å². The summed E-state index contributed by atoms with van der Waals surface area (Å²) in [5.74, 6) is 0.228. The molecule has 0 radical (unpaired) electrons. The van der Waals surface area contributed by atoms with E-state index in [1.807, 2.05) is 36.4 Å². The van der Waals surface area contributed by atoms with Crippen LogP contribution in [0.2, 0.25) is 0 Å². The zero-order valence-electron chi connectivity index (χ0n) is 17.1. The van der Waals surface area contributed by atoms with E-state index in [0.29, 0.717) is 35.7 Å². The second-order valence-corrected chi connectivity index (χ2v) is 7.10. The van der Waals surface area contributed by atoms with Crippen LogP contribution in [0, 0.1) is 0 Å². The Kier molecular flexibility index (Phi) is 7.73. The number of rotatable bonds is 7. The molecule has 0 aliphatic heterocycles. The second-order valence-electron chi connectivity index (χ2n) is 6.69. The molecule has 2 amide bonds. The number of nitrogens with one attached hydrogen (secondary N) is 3. The van der Waals surface area contributed by atoms with Crippen LogP contribution >= 0.6 is 12.2 Å². The maximum absolute atomic E-state index is 12.6. The number of carbonyl (C=O) groups is 2. The van der Waals surface area contributed by atoms with E-state index in [9.17, 15) is 9.59 Å². The summed E-state index contributed by atoms with van der Waals surface area (Å²) in [6.07, 6.45) is 0.352. The second kappa shape index (κ2) is 10.9. The lowest BCUT2D eigenvalue weighted by Crippen LogP contribution is -2.33. The van der Waals surface area contributed by atoms with Gasteiger partial charge in [0.1, 0.15) is 12.4 Å². The molecule has 0 bridgehead atoms. The normalized spacial score (nSPS) is 10.1. The molecule has 158 valence electrons. The SMILES string of the molecule is CCC(=O)NC(=S)Nc1ccc(NC(=O)c2cccc(OCc3ccccc3)c2)cc1. The lowest BCUT2D eigenvalue weighted by atomic mass is 10.2. The van der Waals surface area contributed by atoms with Crippen LogP contribution in [-0.2, 0) is 11.4 Å². The summed E-state index contributed by atoms with van der Waals surface area (Å²) in [6.45, 7) is 2.18. The Morgan fingerprint density at radius 2 is 1.55 bits per heavy atom. The zero-order chi connectivity index (χ0) is 22.1. The summed E-state index contributed by atoms with van der Waals surface area (Å²) < 4.78 is 5.79. The van der Waals surface area contributed by atoms with Gasteiger partial charge >= 0.3 is 0 Å². The van der Waals surface area contributed by atoms with E-state index in [0.717, 1.165) is 5.56 Å². The Bertz CT molecular complexity index is 1050. The lowest BCUT2D eigenvalue weighted by Gasteiger charge is -2.11. The maximum atomic E-state index is 12.6. The highest BCUT2D eigenvalue weighted by Gasteiger charge is 2.08. The third kappa shape index (κ3) is 6.94. The van der Waals surface area contributed by atoms with Gasteiger partial charge in [-0.05, 0) is 60.2 Å². The summed E-state index contributed by atoms with van der Waals surface area (Å²) in [5, 5.41) is 8.59. The topological polar surface area (TPSA) is 79.5 Å². The molecule has 0 fully saturated rings. The number of amides is 2. The van der Waals surface area contributed by atoms with Crippen LogP contribution in [0.5, 0.6) is 5.75 Å². The molecule has 0 aliphatic rings. The van der Waals surface area contributed by atoms with Crippen molar-refractivity contribution in [3.8, 4) is 5.75 Å². The fourth-order valence-corrected chi connectivity index (χ4v) is 2.92. The van der Waals surface area contributed by atoms with E-state index in [1.54, 1.807) is 49.4 Å². The molecule has 0 spiro atoms. The van der Waals surface area contributed by atoms with Crippen LogP contribution in [0.15, 0.2) is 78.9 Å². The minimum Gasteiger partial charge on any atom is -0.489 e. The fraction of sp³-hybridized carbons (Fsp3) is 0.125. The van der Waals surface area contributed by atoms with Crippen molar-refractivity contribution < 1.29 is 14.3 Å². The van der Waals surface area contributed by atoms with Gasteiger partial charge in [0.05, 0.1) is 0 Å². The Labute approximate surface area is 186 Å². The number of benzene rings is 3. The van der Waals surface area contributed by atoms with Gasteiger partial charge in [-0.15, -0.1) is 0 Å². The molecule has 0 aromatic heterocycles. The zero-order valence-corrected chi connectivity index (χ0v) is 17.9. The van der Waals surface area contributed by atoms with Crippen molar-refractivity contribution in [3.05, 3.63) is 90.0 Å². The standard InChI is InChI=1S/C24H23N3O3S/c1-2-22(28)27-24(31)26-20-13-11-19(12-14-20)25-23(29)18-9-6-10-21(15-18)30-16-17-7-4-3-5-8-17/h3-15H,2,16H2,1H3,(H,25,29)(H2,26,27,28,31). The van der Waals surface area contributed by atoms with Gasteiger partial charge < -0.3 is 20.7 Å². The minimum atomic E-state index is -0.239. The van der Waals surface area contributed by atoms with Crippen molar-refractivity contribution in [2.24, 2.45) is 0 Å². The Hall–Kier alpha value is -3.71. The predicted molar refractivity (Wildman–Crippen MR) is 126 cm³/mol. The summed E-state index contributed by atoms with van der Waals surface area (Å²) in [6, 6.07) is 23.9. The largest absolute Gasteiger partial charge is 0.489 e. The average molecular weight is 434 g/mol. The number of carbonyl (C=O) groups excluding carboxylic acids is 2. The molecule has 0 saturated carbocycles. The van der Waals surface area contributed by atoms with Crippen molar-refractivity contribution in [1.82, 2.24) is 5.32 Å². The molecule has 7 heteroatoms. The lowest BCUT2D eigenvalue weighted by molar-refractivity contribution is -0.119. The van der Waals surface area contributed by atoms with Crippen molar-refractivity contribution >= 4 is 40.5 Å². The first-order valence-corrected chi connectivity index (χ1v) is 10.2. The highest BCUT2D eigenvalue weighted by atomic mass is 32.1. The van der Waals surface area contributed by atoms with Gasteiger partial charge in [-0.3, -0.25) is 9.59 Å². The first-order valence-electron chi connectivity index (χ1n) is 9.82. The molecule has 0 unspecified atom stereocenters. The van der Waals surface area contributed by atoms with E-state index in [2.05, 4.69) is 16.0 Å². The number of thiocarbonyl (C=S) groups is 1. The van der Waals surface area contributed by atoms with Gasteiger partial charge in [-0.25, -0.2) is 0 Å². The van der Waals surface area contributed by atoms with Crippen molar-refractivity contribution in [1.29, 1.82) is 0 Å². The van der Waals surface area contributed by atoms with Crippen molar-refractivity contribution in [2.75, 3.05) is 10.6 Å².